The highest BCUT2D eigenvalue weighted by Gasteiger charge is 2.11. The van der Waals surface area contributed by atoms with E-state index >= 15 is 0 Å². The van der Waals surface area contributed by atoms with Crippen LogP contribution < -0.4 is 11.1 Å². The van der Waals surface area contributed by atoms with Crippen LogP contribution in [0.25, 0.3) is 5.65 Å². The molecule has 2 heterocycles. The van der Waals surface area contributed by atoms with Gasteiger partial charge in [0.1, 0.15) is 5.82 Å². The number of nitrogens with zero attached hydrogens (tertiary/aromatic N) is 3. The molecule has 0 spiro atoms. The topological polar surface area (TPSA) is 68.2 Å². The van der Waals surface area contributed by atoms with Gasteiger partial charge >= 0.3 is 0 Å². The second-order valence-electron chi connectivity index (χ2n) is 4.59. The van der Waals surface area contributed by atoms with E-state index in [1.165, 1.54) is 0 Å². The average molecular weight is 288 g/mol. The molecule has 0 bridgehead atoms. The summed E-state index contributed by atoms with van der Waals surface area (Å²) >= 11 is 5.90. The molecule has 5 nitrogen and oxygen atoms in total. The van der Waals surface area contributed by atoms with Gasteiger partial charge in [-0.15, -0.1) is 0 Å². The van der Waals surface area contributed by atoms with Gasteiger partial charge in [0, 0.05) is 17.4 Å². The minimum atomic E-state index is 0.0714. The summed E-state index contributed by atoms with van der Waals surface area (Å²) in [6, 6.07) is 7.77. The maximum Gasteiger partial charge on any atom is 0.180 e. The molecule has 1 unspecified atom stereocenters. The number of benzene rings is 1. The van der Waals surface area contributed by atoms with Crippen molar-refractivity contribution in [3.05, 3.63) is 53.4 Å². The van der Waals surface area contributed by atoms with E-state index in [0.717, 1.165) is 16.2 Å². The Morgan fingerprint density at radius 1 is 1.30 bits per heavy atom. The lowest BCUT2D eigenvalue weighted by atomic mass is 10.1. The first-order valence-electron chi connectivity index (χ1n) is 6.24. The molecule has 0 aliphatic carbocycles. The highest BCUT2D eigenvalue weighted by molar-refractivity contribution is 6.30. The fourth-order valence-electron chi connectivity index (χ4n) is 2.09. The minimum Gasteiger partial charge on any atom is -0.382 e. The van der Waals surface area contributed by atoms with E-state index in [-0.39, 0.29) is 6.04 Å². The summed E-state index contributed by atoms with van der Waals surface area (Å²) in [6.07, 6.45) is 5.29. The molecular formula is C14H14ClN5. The quantitative estimate of drug-likeness (QED) is 0.776. The van der Waals surface area contributed by atoms with Crippen molar-refractivity contribution in [1.29, 1.82) is 0 Å². The second-order valence-corrected chi connectivity index (χ2v) is 5.03. The Bertz CT molecular complexity index is 735. The molecular weight excluding hydrogens is 274 g/mol. The molecule has 3 rings (SSSR count). The lowest BCUT2D eigenvalue weighted by Gasteiger charge is -2.16. The fraction of sp³-hybridized carbons (Fsp3) is 0.143. The number of imidazole rings is 1. The largest absolute Gasteiger partial charge is 0.382 e. The number of hydrogen-bond donors (Lipinski definition) is 2. The SMILES string of the molecule is CC(Nc1nc(N)cn2ccnc12)c1ccc(Cl)cc1. The third-order valence-electron chi connectivity index (χ3n) is 3.12. The van der Waals surface area contributed by atoms with Gasteiger partial charge in [0.2, 0.25) is 0 Å². The Morgan fingerprint density at radius 3 is 2.80 bits per heavy atom. The molecule has 0 fully saturated rings. The first-order chi connectivity index (χ1) is 9.63. The van der Waals surface area contributed by atoms with Gasteiger partial charge in [-0.05, 0) is 24.6 Å². The Morgan fingerprint density at radius 2 is 2.05 bits per heavy atom. The molecule has 0 saturated carbocycles. The summed E-state index contributed by atoms with van der Waals surface area (Å²) < 4.78 is 1.85. The van der Waals surface area contributed by atoms with E-state index in [0.29, 0.717) is 11.6 Å². The maximum absolute atomic E-state index is 5.90. The molecule has 2 aromatic heterocycles. The van der Waals surface area contributed by atoms with Crippen LogP contribution in [0.1, 0.15) is 18.5 Å². The number of nitrogen functional groups attached to an aromatic ring is 1. The molecule has 102 valence electrons. The number of anilines is 2. The van der Waals surface area contributed by atoms with Crippen LogP contribution in [0.3, 0.4) is 0 Å². The van der Waals surface area contributed by atoms with Crippen molar-refractivity contribution in [2.75, 3.05) is 11.1 Å². The summed E-state index contributed by atoms with van der Waals surface area (Å²) in [5, 5.41) is 4.05. The van der Waals surface area contributed by atoms with Crippen LogP contribution in [0.4, 0.5) is 11.6 Å². The molecule has 0 amide bonds. The van der Waals surface area contributed by atoms with Crippen molar-refractivity contribution < 1.29 is 0 Å². The van der Waals surface area contributed by atoms with Crippen LogP contribution in [0, 0.1) is 0 Å². The molecule has 6 heteroatoms. The van der Waals surface area contributed by atoms with Gasteiger partial charge in [0.05, 0.1) is 12.2 Å². The Balaban J connectivity index is 1.92. The van der Waals surface area contributed by atoms with E-state index in [1.54, 1.807) is 12.4 Å². The first kappa shape index (κ1) is 12.7. The fourth-order valence-corrected chi connectivity index (χ4v) is 2.21. The highest BCUT2D eigenvalue weighted by atomic mass is 35.5. The molecule has 0 aliphatic heterocycles. The summed E-state index contributed by atoms with van der Waals surface area (Å²) in [6.45, 7) is 2.05. The van der Waals surface area contributed by atoms with E-state index < -0.39 is 0 Å². The number of nitrogens with two attached hydrogens (primary N) is 1. The molecule has 0 aliphatic rings. The zero-order valence-corrected chi connectivity index (χ0v) is 11.7. The van der Waals surface area contributed by atoms with E-state index in [2.05, 4.69) is 15.3 Å². The van der Waals surface area contributed by atoms with Gasteiger partial charge in [-0.3, -0.25) is 0 Å². The minimum absolute atomic E-state index is 0.0714. The molecule has 0 saturated heterocycles. The molecule has 1 aromatic carbocycles. The standard InChI is InChI=1S/C14H14ClN5/c1-9(10-2-4-11(15)5-3-10)18-13-14-17-6-7-20(14)8-12(16)19-13/h2-9H,16H2,1H3,(H,18,19). The van der Waals surface area contributed by atoms with Gasteiger partial charge in [-0.2, -0.15) is 0 Å². The smallest absolute Gasteiger partial charge is 0.180 e. The second kappa shape index (κ2) is 5.02. The Labute approximate surface area is 121 Å². The van der Waals surface area contributed by atoms with Gasteiger partial charge in [0.25, 0.3) is 0 Å². The van der Waals surface area contributed by atoms with Gasteiger partial charge in [-0.1, -0.05) is 23.7 Å². The van der Waals surface area contributed by atoms with Crippen LogP contribution in [0.15, 0.2) is 42.9 Å². The van der Waals surface area contributed by atoms with Crippen molar-refractivity contribution >= 4 is 28.9 Å². The van der Waals surface area contributed by atoms with E-state index in [1.807, 2.05) is 41.8 Å². The number of hydrogen-bond acceptors (Lipinski definition) is 4. The van der Waals surface area contributed by atoms with Crippen LogP contribution >= 0.6 is 11.6 Å². The number of halogens is 1. The molecule has 1 atom stereocenters. The lowest BCUT2D eigenvalue weighted by Crippen LogP contribution is -2.10. The Hall–Kier alpha value is -2.27. The highest BCUT2D eigenvalue weighted by Crippen LogP contribution is 2.22. The summed E-state index contributed by atoms with van der Waals surface area (Å²) in [5.41, 5.74) is 7.67. The van der Waals surface area contributed by atoms with Crippen molar-refractivity contribution in [3.8, 4) is 0 Å². The lowest BCUT2D eigenvalue weighted by molar-refractivity contribution is 0.873. The molecule has 20 heavy (non-hydrogen) atoms. The van der Waals surface area contributed by atoms with Crippen molar-refractivity contribution in [3.63, 3.8) is 0 Å². The van der Waals surface area contributed by atoms with Crippen LogP contribution in [0.5, 0.6) is 0 Å². The maximum atomic E-state index is 5.90. The number of nitrogens with one attached hydrogen (secondary N) is 1. The average Bonchev–Trinajstić information content (AvgIpc) is 2.87. The predicted molar refractivity (Wildman–Crippen MR) is 80.9 cm³/mol. The van der Waals surface area contributed by atoms with Gasteiger partial charge in [-0.25, -0.2) is 9.97 Å². The van der Waals surface area contributed by atoms with E-state index in [9.17, 15) is 0 Å². The Kier molecular flexibility index (Phi) is 3.20. The zero-order valence-electron chi connectivity index (χ0n) is 10.9. The summed E-state index contributed by atoms with van der Waals surface area (Å²) in [4.78, 5) is 8.60. The van der Waals surface area contributed by atoms with Gasteiger partial charge in [0.15, 0.2) is 11.5 Å². The summed E-state index contributed by atoms with van der Waals surface area (Å²) in [5.74, 6) is 1.11. The molecule has 3 aromatic rings. The monoisotopic (exact) mass is 287 g/mol. The molecule has 3 N–H and O–H groups in total. The zero-order chi connectivity index (χ0) is 14.1. The van der Waals surface area contributed by atoms with Crippen molar-refractivity contribution in [2.24, 2.45) is 0 Å². The predicted octanol–water partition coefficient (Wildman–Crippen LogP) is 3.14. The third kappa shape index (κ3) is 2.40. The van der Waals surface area contributed by atoms with Crippen LogP contribution in [0.2, 0.25) is 5.02 Å². The van der Waals surface area contributed by atoms with Crippen molar-refractivity contribution in [1.82, 2.24) is 14.4 Å². The van der Waals surface area contributed by atoms with E-state index in [4.69, 9.17) is 17.3 Å². The summed E-state index contributed by atoms with van der Waals surface area (Å²) in [7, 11) is 0. The number of aromatic nitrogens is 3. The number of rotatable bonds is 3. The normalized spacial score (nSPS) is 12.5. The number of fused-ring (bicyclic) bond motifs is 1. The van der Waals surface area contributed by atoms with Crippen LogP contribution in [-0.4, -0.2) is 14.4 Å². The molecule has 0 radical (unpaired) electrons. The van der Waals surface area contributed by atoms with Gasteiger partial charge < -0.3 is 15.5 Å². The third-order valence-corrected chi connectivity index (χ3v) is 3.37. The van der Waals surface area contributed by atoms with Crippen LogP contribution in [-0.2, 0) is 0 Å². The van der Waals surface area contributed by atoms with Crippen molar-refractivity contribution in [2.45, 2.75) is 13.0 Å². The first-order valence-corrected chi connectivity index (χ1v) is 6.62.